The molecule has 3 saturated carbocycles. The molecule has 0 heterocycles. The Morgan fingerprint density at radius 2 is 1.50 bits per heavy atom. The van der Waals surface area contributed by atoms with Crippen LogP contribution in [0.25, 0.3) is 0 Å². The van der Waals surface area contributed by atoms with E-state index in [1.165, 1.54) is 19.3 Å². The molecule has 1 heteroatoms. The fourth-order valence-electron chi connectivity index (χ4n) is 5.66. The second-order valence-corrected chi connectivity index (χ2v) is 7.94. The first-order valence-electron chi connectivity index (χ1n) is 8.34. The Bertz CT molecular complexity index is 288. The molecule has 18 heavy (non-hydrogen) atoms. The van der Waals surface area contributed by atoms with Crippen molar-refractivity contribution in [1.29, 1.82) is 0 Å². The molecule has 0 spiro atoms. The molecule has 5 atom stereocenters. The van der Waals surface area contributed by atoms with Crippen molar-refractivity contribution in [3.05, 3.63) is 0 Å². The van der Waals surface area contributed by atoms with Gasteiger partial charge in [-0.1, -0.05) is 34.1 Å². The van der Waals surface area contributed by atoms with Gasteiger partial charge >= 0.3 is 0 Å². The van der Waals surface area contributed by atoms with Crippen molar-refractivity contribution in [2.75, 3.05) is 0 Å². The van der Waals surface area contributed by atoms with Crippen LogP contribution in [0, 0.1) is 35.5 Å². The van der Waals surface area contributed by atoms with Crippen molar-refractivity contribution in [1.82, 2.24) is 5.32 Å². The molecule has 0 aliphatic heterocycles. The fraction of sp³-hybridized carbons (Fsp3) is 1.00. The van der Waals surface area contributed by atoms with E-state index in [1.54, 1.807) is 12.8 Å². The van der Waals surface area contributed by atoms with E-state index in [-0.39, 0.29) is 0 Å². The van der Waals surface area contributed by atoms with Gasteiger partial charge in [0.05, 0.1) is 0 Å². The van der Waals surface area contributed by atoms with Gasteiger partial charge in [-0.05, 0) is 61.2 Å². The van der Waals surface area contributed by atoms with Crippen molar-refractivity contribution >= 4 is 0 Å². The average Bonchev–Trinajstić information content (AvgIpc) is 2.96. The Morgan fingerprint density at radius 1 is 0.833 bits per heavy atom. The van der Waals surface area contributed by atoms with Crippen LogP contribution in [-0.4, -0.2) is 12.1 Å². The standard InChI is InChI=1S/C17H31N/c1-10(2)17(11(3)4)18-16-9-12-8-15(16)14-7-5-6-13(12)14/h10-18H,5-9H2,1-4H3. The molecule has 2 bridgehead atoms. The molecule has 0 radical (unpaired) electrons. The maximum atomic E-state index is 4.06. The van der Waals surface area contributed by atoms with E-state index < -0.39 is 0 Å². The molecule has 5 unspecified atom stereocenters. The van der Waals surface area contributed by atoms with Gasteiger partial charge in [-0.15, -0.1) is 0 Å². The quantitative estimate of drug-likeness (QED) is 0.791. The second kappa shape index (κ2) is 4.81. The van der Waals surface area contributed by atoms with E-state index in [2.05, 4.69) is 33.0 Å². The molecule has 3 aliphatic rings. The lowest BCUT2D eigenvalue weighted by Gasteiger charge is -2.37. The number of hydrogen-bond acceptors (Lipinski definition) is 1. The molecule has 0 aromatic carbocycles. The maximum Gasteiger partial charge on any atom is 0.0116 e. The first-order valence-corrected chi connectivity index (χ1v) is 8.34. The summed E-state index contributed by atoms with van der Waals surface area (Å²) in [5, 5.41) is 4.06. The van der Waals surface area contributed by atoms with E-state index in [4.69, 9.17) is 0 Å². The highest BCUT2D eigenvalue weighted by atomic mass is 15.0. The minimum Gasteiger partial charge on any atom is -0.310 e. The van der Waals surface area contributed by atoms with E-state index in [0.29, 0.717) is 6.04 Å². The summed E-state index contributed by atoms with van der Waals surface area (Å²) in [6, 6.07) is 1.57. The van der Waals surface area contributed by atoms with Crippen LogP contribution in [0.3, 0.4) is 0 Å². The highest BCUT2D eigenvalue weighted by molar-refractivity contribution is 5.06. The van der Waals surface area contributed by atoms with Crippen molar-refractivity contribution < 1.29 is 0 Å². The van der Waals surface area contributed by atoms with Gasteiger partial charge in [-0.25, -0.2) is 0 Å². The van der Waals surface area contributed by atoms with Crippen LogP contribution in [0.4, 0.5) is 0 Å². The third-order valence-corrected chi connectivity index (χ3v) is 6.27. The normalized spacial score (nSPS) is 42.5. The number of rotatable bonds is 4. The zero-order chi connectivity index (χ0) is 12.9. The van der Waals surface area contributed by atoms with Gasteiger partial charge in [-0.3, -0.25) is 0 Å². The Hall–Kier alpha value is -0.0400. The Balaban J connectivity index is 1.65. The lowest BCUT2D eigenvalue weighted by atomic mass is 9.78. The predicted molar refractivity (Wildman–Crippen MR) is 77.4 cm³/mol. The van der Waals surface area contributed by atoms with Crippen LogP contribution in [0.15, 0.2) is 0 Å². The van der Waals surface area contributed by atoms with Crippen LogP contribution < -0.4 is 5.32 Å². The largest absolute Gasteiger partial charge is 0.310 e. The average molecular weight is 249 g/mol. The molecule has 3 fully saturated rings. The summed E-state index contributed by atoms with van der Waals surface area (Å²) in [4.78, 5) is 0. The van der Waals surface area contributed by atoms with Gasteiger partial charge < -0.3 is 5.32 Å². The van der Waals surface area contributed by atoms with Crippen LogP contribution in [-0.2, 0) is 0 Å². The topological polar surface area (TPSA) is 12.0 Å². The molecule has 3 rings (SSSR count). The van der Waals surface area contributed by atoms with Gasteiger partial charge in [0.1, 0.15) is 0 Å². The fourth-order valence-corrected chi connectivity index (χ4v) is 5.66. The Morgan fingerprint density at radius 3 is 2.17 bits per heavy atom. The molecule has 0 aromatic rings. The number of nitrogens with one attached hydrogen (secondary N) is 1. The summed E-state index contributed by atoms with van der Waals surface area (Å²) in [6.45, 7) is 9.51. The molecule has 0 aromatic heterocycles. The summed E-state index contributed by atoms with van der Waals surface area (Å²) in [5.41, 5.74) is 0. The minimum absolute atomic E-state index is 0.717. The van der Waals surface area contributed by atoms with Crippen LogP contribution in [0.5, 0.6) is 0 Å². The van der Waals surface area contributed by atoms with Crippen LogP contribution in [0.1, 0.15) is 59.8 Å². The SMILES string of the molecule is CC(C)C(NC1CC2CC1C1CCCC21)C(C)C. The van der Waals surface area contributed by atoms with Gasteiger partial charge in [0, 0.05) is 12.1 Å². The van der Waals surface area contributed by atoms with E-state index >= 15 is 0 Å². The third-order valence-electron chi connectivity index (χ3n) is 6.27. The molecular weight excluding hydrogens is 218 g/mol. The van der Waals surface area contributed by atoms with E-state index in [1.807, 2.05) is 0 Å². The summed E-state index contributed by atoms with van der Waals surface area (Å²) < 4.78 is 0. The first-order chi connectivity index (χ1) is 8.58. The zero-order valence-corrected chi connectivity index (χ0v) is 12.7. The summed E-state index contributed by atoms with van der Waals surface area (Å²) in [5.74, 6) is 5.88. The van der Waals surface area contributed by atoms with Crippen LogP contribution in [0.2, 0.25) is 0 Å². The highest BCUT2D eigenvalue weighted by Crippen LogP contribution is 2.58. The number of hydrogen-bond donors (Lipinski definition) is 1. The van der Waals surface area contributed by atoms with Gasteiger partial charge in [-0.2, -0.15) is 0 Å². The summed E-state index contributed by atoms with van der Waals surface area (Å²) in [6.07, 6.45) is 7.65. The third kappa shape index (κ3) is 2.03. The van der Waals surface area contributed by atoms with E-state index in [0.717, 1.165) is 41.5 Å². The molecule has 104 valence electrons. The highest BCUT2D eigenvalue weighted by Gasteiger charge is 2.53. The lowest BCUT2D eigenvalue weighted by Crippen LogP contribution is -2.48. The molecule has 3 aliphatic carbocycles. The van der Waals surface area contributed by atoms with Crippen molar-refractivity contribution in [2.24, 2.45) is 35.5 Å². The molecule has 0 amide bonds. The van der Waals surface area contributed by atoms with Crippen LogP contribution >= 0.6 is 0 Å². The maximum absolute atomic E-state index is 4.06. The minimum atomic E-state index is 0.717. The van der Waals surface area contributed by atoms with E-state index in [9.17, 15) is 0 Å². The second-order valence-electron chi connectivity index (χ2n) is 7.94. The van der Waals surface area contributed by atoms with Gasteiger partial charge in [0.25, 0.3) is 0 Å². The van der Waals surface area contributed by atoms with Crippen molar-refractivity contribution in [3.8, 4) is 0 Å². The monoisotopic (exact) mass is 249 g/mol. The molecule has 1 N–H and O–H groups in total. The Labute approximate surface area is 113 Å². The molecular formula is C17H31N. The lowest BCUT2D eigenvalue weighted by molar-refractivity contribution is 0.173. The smallest absolute Gasteiger partial charge is 0.0116 e. The van der Waals surface area contributed by atoms with Crippen molar-refractivity contribution in [3.63, 3.8) is 0 Å². The Kier molecular flexibility index (Phi) is 3.47. The van der Waals surface area contributed by atoms with Gasteiger partial charge in [0.2, 0.25) is 0 Å². The summed E-state index contributed by atoms with van der Waals surface area (Å²) in [7, 11) is 0. The first kappa shape index (κ1) is 13.0. The predicted octanol–water partition coefficient (Wildman–Crippen LogP) is 4.08. The number of fused-ring (bicyclic) bond motifs is 5. The summed E-state index contributed by atoms with van der Waals surface area (Å²) >= 11 is 0. The van der Waals surface area contributed by atoms with Crippen molar-refractivity contribution in [2.45, 2.75) is 71.9 Å². The molecule has 1 nitrogen and oxygen atoms in total. The van der Waals surface area contributed by atoms with Gasteiger partial charge in [0.15, 0.2) is 0 Å². The zero-order valence-electron chi connectivity index (χ0n) is 12.7. The molecule has 0 saturated heterocycles.